The van der Waals surface area contributed by atoms with Crippen LogP contribution in [0.3, 0.4) is 0 Å². The van der Waals surface area contributed by atoms with Gasteiger partial charge in [0.2, 0.25) is 11.8 Å². The number of carbonyl (C=O) groups is 3. The molecule has 0 saturated carbocycles. The van der Waals surface area contributed by atoms with Gasteiger partial charge in [0.05, 0.1) is 6.54 Å². The van der Waals surface area contributed by atoms with Gasteiger partial charge in [0, 0.05) is 26.1 Å². The predicted molar refractivity (Wildman–Crippen MR) is 82.2 cm³/mol. The van der Waals surface area contributed by atoms with Crippen LogP contribution in [0.25, 0.3) is 0 Å². The van der Waals surface area contributed by atoms with E-state index < -0.39 is 6.03 Å². The molecule has 0 atom stereocenters. The molecule has 4 amide bonds. The minimum absolute atomic E-state index is 0.0938. The van der Waals surface area contributed by atoms with Crippen LogP contribution >= 0.6 is 0 Å². The third kappa shape index (κ3) is 4.69. The van der Waals surface area contributed by atoms with Gasteiger partial charge in [-0.15, -0.1) is 0 Å². The molecule has 0 aromatic rings. The van der Waals surface area contributed by atoms with Crippen LogP contribution < -0.4 is 10.6 Å². The second-order valence-corrected chi connectivity index (χ2v) is 6.06. The molecule has 2 N–H and O–H groups in total. The maximum absolute atomic E-state index is 12.4. The molecule has 0 aromatic carbocycles. The van der Waals surface area contributed by atoms with E-state index in [1.54, 1.807) is 0 Å². The second-order valence-electron chi connectivity index (χ2n) is 6.06. The quantitative estimate of drug-likeness (QED) is 0.778. The molecule has 2 aliphatic rings. The van der Waals surface area contributed by atoms with E-state index in [9.17, 15) is 14.4 Å². The summed E-state index contributed by atoms with van der Waals surface area (Å²) in [6.07, 6.45) is 5.04. The summed E-state index contributed by atoms with van der Waals surface area (Å²) in [5, 5.41) is 4.61. The molecule has 124 valence electrons. The lowest BCUT2D eigenvalue weighted by Crippen LogP contribution is -2.48. The monoisotopic (exact) mass is 310 g/mol. The fraction of sp³-hybridized carbons (Fsp3) is 0.800. The first kappa shape index (κ1) is 16.7. The van der Waals surface area contributed by atoms with Gasteiger partial charge in [0.25, 0.3) is 0 Å². The number of imide groups is 1. The molecule has 0 radical (unpaired) electrons. The Balaban J connectivity index is 1.72. The van der Waals surface area contributed by atoms with E-state index >= 15 is 0 Å². The number of nitrogens with one attached hydrogen (secondary N) is 2. The summed E-state index contributed by atoms with van der Waals surface area (Å²) < 4.78 is 0. The van der Waals surface area contributed by atoms with Crippen molar-refractivity contribution in [2.24, 2.45) is 5.92 Å². The molecule has 2 heterocycles. The Morgan fingerprint density at radius 1 is 1.00 bits per heavy atom. The predicted octanol–water partition coefficient (Wildman–Crippen LogP) is 0.167. The molecule has 0 bridgehead atoms. The molecule has 0 spiro atoms. The van der Waals surface area contributed by atoms with Gasteiger partial charge < -0.3 is 10.2 Å². The first-order chi connectivity index (χ1) is 10.6. The lowest BCUT2D eigenvalue weighted by atomic mass is 9.94. The maximum Gasteiger partial charge on any atom is 0.321 e. The van der Waals surface area contributed by atoms with Gasteiger partial charge in [-0.25, -0.2) is 4.79 Å². The van der Waals surface area contributed by atoms with Crippen LogP contribution in [0.2, 0.25) is 0 Å². The van der Waals surface area contributed by atoms with Crippen molar-refractivity contribution in [3.63, 3.8) is 0 Å². The van der Waals surface area contributed by atoms with E-state index in [4.69, 9.17) is 0 Å². The Labute approximate surface area is 131 Å². The lowest BCUT2D eigenvalue weighted by molar-refractivity contribution is -0.138. The highest BCUT2D eigenvalue weighted by molar-refractivity contribution is 5.95. The number of amides is 4. The number of carbonyl (C=O) groups excluding carboxylic acids is 3. The molecule has 7 heteroatoms. The van der Waals surface area contributed by atoms with Gasteiger partial charge in [0.1, 0.15) is 0 Å². The number of hydrogen-bond donors (Lipinski definition) is 2. The SMILES string of the molecule is CNC(=O)NC(=O)CN1CCC(C(=O)N2CCCCC2)CC1. The first-order valence-electron chi connectivity index (χ1n) is 8.13. The van der Waals surface area contributed by atoms with Crippen molar-refractivity contribution in [1.29, 1.82) is 0 Å². The highest BCUT2D eigenvalue weighted by Gasteiger charge is 2.29. The Morgan fingerprint density at radius 2 is 1.64 bits per heavy atom. The molecule has 0 aliphatic carbocycles. The van der Waals surface area contributed by atoms with Crippen LogP contribution in [-0.4, -0.2) is 67.4 Å². The zero-order valence-electron chi connectivity index (χ0n) is 13.3. The van der Waals surface area contributed by atoms with E-state index in [0.29, 0.717) is 0 Å². The number of hydrogen-bond acceptors (Lipinski definition) is 4. The Morgan fingerprint density at radius 3 is 2.23 bits per heavy atom. The van der Waals surface area contributed by atoms with Crippen molar-refractivity contribution >= 4 is 17.8 Å². The zero-order valence-corrected chi connectivity index (χ0v) is 13.3. The standard InChI is InChI=1S/C15H26N4O3/c1-16-15(22)17-13(20)11-18-9-5-12(6-10-18)14(21)19-7-3-2-4-8-19/h12H,2-11H2,1H3,(H2,16,17,20,22). The third-order valence-electron chi connectivity index (χ3n) is 4.45. The molecule has 0 aromatic heterocycles. The van der Waals surface area contributed by atoms with Gasteiger partial charge in [0.15, 0.2) is 0 Å². The average molecular weight is 310 g/mol. The maximum atomic E-state index is 12.4. The summed E-state index contributed by atoms with van der Waals surface area (Å²) in [5.74, 6) is 0.0747. The van der Waals surface area contributed by atoms with Crippen molar-refractivity contribution in [3.05, 3.63) is 0 Å². The van der Waals surface area contributed by atoms with Crippen LogP contribution in [0.15, 0.2) is 0 Å². The fourth-order valence-corrected chi connectivity index (χ4v) is 3.14. The smallest absolute Gasteiger partial charge is 0.321 e. The number of piperidine rings is 2. The number of nitrogens with zero attached hydrogens (tertiary/aromatic N) is 2. The minimum atomic E-state index is -0.486. The zero-order chi connectivity index (χ0) is 15.9. The van der Waals surface area contributed by atoms with E-state index in [0.717, 1.165) is 51.9 Å². The van der Waals surface area contributed by atoms with Gasteiger partial charge in [-0.05, 0) is 45.2 Å². The number of likely N-dealkylation sites (tertiary alicyclic amines) is 2. The Kier molecular flexibility index (Phi) is 6.18. The van der Waals surface area contributed by atoms with Crippen LogP contribution in [0.5, 0.6) is 0 Å². The van der Waals surface area contributed by atoms with Crippen molar-refractivity contribution in [3.8, 4) is 0 Å². The summed E-state index contributed by atoms with van der Waals surface area (Å²) in [7, 11) is 1.47. The molecule has 22 heavy (non-hydrogen) atoms. The van der Waals surface area contributed by atoms with E-state index in [-0.39, 0.29) is 24.3 Å². The average Bonchev–Trinajstić information content (AvgIpc) is 2.55. The topological polar surface area (TPSA) is 81.8 Å². The highest BCUT2D eigenvalue weighted by atomic mass is 16.2. The number of urea groups is 1. The molecule has 0 unspecified atom stereocenters. The summed E-state index contributed by atoms with van der Waals surface area (Å²) in [6, 6.07) is -0.486. The molecular weight excluding hydrogens is 284 g/mol. The largest absolute Gasteiger partial charge is 0.342 e. The van der Waals surface area contributed by atoms with E-state index in [1.165, 1.54) is 13.5 Å². The highest BCUT2D eigenvalue weighted by Crippen LogP contribution is 2.21. The normalized spacial score (nSPS) is 20.5. The van der Waals surface area contributed by atoms with Crippen molar-refractivity contribution in [1.82, 2.24) is 20.4 Å². The summed E-state index contributed by atoms with van der Waals surface area (Å²) in [4.78, 5) is 39.2. The number of rotatable bonds is 3. The van der Waals surface area contributed by atoms with E-state index in [1.807, 2.05) is 9.80 Å². The fourth-order valence-electron chi connectivity index (χ4n) is 3.14. The molecular formula is C15H26N4O3. The first-order valence-corrected chi connectivity index (χ1v) is 8.13. The Bertz CT molecular complexity index is 413. The molecule has 2 saturated heterocycles. The molecule has 2 rings (SSSR count). The molecule has 2 fully saturated rings. The third-order valence-corrected chi connectivity index (χ3v) is 4.45. The minimum Gasteiger partial charge on any atom is -0.342 e. The Hall–Kier alpha value is -1.63. The van der Waals surface area contributed by atoms with Gasteiger partial charge in [-0.2, -0.15) is 0 Å². The van der Waals surface area contributed by atoms with Gasteiger partial charge in [-0.1, -0.05) is 0 Å². The van der Waals surface area contributed by atoms with E-state index in [2.05, 4.69) is 10.6 Å². The van der Waals surface area contributed by atoms with Crippen LogP contribution in [0, 0.1) is 5.92 Å². The van der Waals surface area contributed by atoms with Crippen LogP contribution in [0.4, 0.5) is 4.79 Å². The van der Waals surface area contributed by atoms with Crippen molar-refractivity contribution in [2.75, 3.05) is 39.8 Å². The van der Waals surface area contributed by atoms with Gasteiger partial charge in [-0.3, -0.25) is 19.8 Å². The van der Waals surface area contributed by atoms with Crippen molar-refractivity contribution in [2.45, 2.75) is 32.1 Å². The van der Waals surface area contributed by atoms with Crippen LogP contribution in [0.1, 0.15) is 32.1 Å². The van der Waals surface area contributed by atoms with Crippen molar-refractivity contribution < 1.29 is 14.4 Å². The summed E-state index contributed by atoms with van der Waals surface area (Å²) in [5.41, 5.74) is 0. The van der Waals surface area contributed by atoms with Gasteiger partial charge >= 0.3 is 6.03 Å². The summed E-state index contributed by atoms with van der Waals surface area (Å²) >= 11 is 0. The molecule has 2 aliphatic heterocycles. The lowest BCUT2D eigenvalue weighted by Gasteiger charge is -2.35. The molecule has 7 nitrogen and oxygen atoms in total. The second kappa shape index (κ2) is 8.12. The summed E-state index contributed by atoms with van der Waals surface area (Å²) in [6.45, 7) is 3.45. The van der Waals surface area contributed by atoms with Crippen LogP contribution in [-0.2, 0) is 9.59 Å².